The third-order valence-electron chi connectivity index (χ3n) is 7.38. The molecule has 0 amide bonds. The van der Waals surface area contributed by atoms with E-state index in [1.807, 2.05) is 6.07 Å². The molecular formula is C34H21NO. The summed E-state index contributed by atoms with van der Waals surface area (Å²) < 4.78 is 8.83. The van der Waals surface area contributed by atoms with Gasteiger partial charge in [-0.2, -0.15) is 0 Å². The van der Waals surface area contributed by atoms with E-state index in [9.17, 15) is 0 Å². The summed E-state index contributed by atoms with van der Waals surface area (Å²) in [5, 5.41) is 7.27. The van der Waals surface area contributed by atoms with Gasteiger partial charge in [-0.15, -0.1) is 0 Å². The van der Waals surface area contributed by atoms with Crippen molar-refractivity contribution in [2.45, 2.75) is 0 Å². The molecule has 0 unspecified atom stereocenters. The smallest absolute Gasteiger partial charge is 0.137 e. The molecule has 168 valence electrons. The van der Waals surface area contributed by atoms with Crippen LogP contribution in [-0.4, -0.2) is 4.57 Å². The highest BCUT2D eigenvalue weighted by Crippen LogP contribution is 2.40. The number of hydrogen-bond acceptors (Lipinski definition) is 1. The van der Waals surface area contributed by atoms with E-state index in [1.54, 1.807) is 0 Å². The SMILES string of the molecule is c1ccc2cc(-c3ccc(-n4c5cccc6oc7ccccc7c7cccc4c7c65)cc3)ccc2c1. The first kappa shape index (κ1) is 19.5. The second-order valence-corrected chi connectivity index (χ2v) is 9.39. The Morgan fingerprint density at radius 1 is 0.444 bits per heavy atom. The second-order valence-electron chi connectivity index (χ2n) is 9.39. The number of aromatic nitrogens is 1. The number of hydrogen-bond donors (Lipinski definition) is 0. The molecule has 0 fully saturated rings. The summed E-state index contributed by atoms with van der Waals surface area (Å²) in [6.07, 6.45) is 0. The monoisotopic (exact) mass is 459 g/mol. The minimum atomic E-state index is 0.903. The van der Waals surface area contributed by atoms with E-state index in [1.165, 1.54) is 38.2 Å². The highest BCUT2D eigenvalue weighted by atomic mass is 16.3. The molecule has 0 aliphatic heterocycles. The van der Waals surface area contributed by atoms with E-state index in [2.05, 4.69) is 126 Å². The van der Waals surface area contributed by atoms with Crippen molar-refractivity contribution in [1.82, 2.24) is 4.57 Å². The van der Waals surface area contributed by atoms with Gasteiger partial charge in [-0.25, -0.2) is 0 Å². The maximum atomic E-state index is 6.47. The van der Waals surface area contributed by atoms with Gasteiger partial charge in [0.1, 0.15) is 11.2 Å². The average Bonchev–Trinajstić information content (AvgIpc) is 3.20. The lowest BCUT2D eigenvalue weighted by Gasteiger charge is -2.10. The van der Waals surface area contributed by atoms with Crippen molar-refractivity contribution >= 4 is 54.5 Å². The van der Waals surface area contributed by atoms with E-state index in [-0.39, 0.29) is 0 Å². The summed E-state index contributed by atoms with van der Waals surface area (Å²) in [6, 6.07) is 45.3. The zero-order valence-electron chi connectivity index (χ0n) is 19.5. The standard InChI is InChI=1S/C34H21NO/c1-2-8-24-21-25(16-15-22(24)7-1)23-17-19-26(20-18-23)35-29-11-5-10-28-27-9-3-4-13-31(27)36-32-14-6-12-30(35)34(32)33(28)29/h1-21H. The van der Waals surface area contributed by atoms with Gasteiger partial charge in [0.25, 0.3) is 0 Å². The Kier molecular flexibility index (Phi) is 3.97. The lowest BCUT2D eigenvalue weighted by Crippen LogP contribution is -1.93. The predicted molar refractivity (Wildman–Crippen MR) is 151 cm³/mol. The molecule has 0 spiro atoms. The maximum absolute atomic E-state index is 6.47. The fraction of sp³-hybridized carbons (Fsp3) is 0. The van der Waals surface area contributed by atoms with Crippen LogP contribution in [-0.2, 0) is 0 Å². The van der Waals surface area contributed by atoms with E-state index in [0.717, 1.165) is 33.1 Å². The summed E-state index contributed by atoms with van der Waals surface area (Å²) in [5.41, 5.74) is 7.73. The quantitative estimate of drug-likeness (QED) is 0.252. The Morgan fingerprint density at radius 2 is 1.11 bits per heavy atom. The van der Waals surface area contributed by atoms with Gasteiger partial charge in [-0.3, -0.25) is 0 Å². The Bertz CT molecular complexity index is 2090. The maximum Gasteiger partial charge on any atom is 0.137 e. The fourth-order valence-corrected chi connectivity index (χ4v) is 5.73. The van der Waals surface area contributed by atoms with Gasteiger partial charge in [0.05, 0.1) is 16.4 Å². The van der Waals surface area contributed by atoms with E-state index >= 15 is 0 Å². The molecule has 2 aromatic heterocycles. The molecular weight excluding hydrogens is 438 g/mol. The normalized spacial score (nSPS) is 11.9. The van der Waals surface area contributed by atoms with E-state index in [4.69, 9.17) is 4.42 Å². The molecule has 0 bridgehead atoms. The summed E-state index contributed by atoms with van der Waals surface area (Å²) in [6.45, 7) is 0. The van der Waals surface area contributed by atoms with Crippen molar-refractivity contribution in [2.24, 2.45) is 0 Å². The lowest BCUT2D eigenvalue weighted by atomic mass is 10.0. The van der Waals surface area contributed by atoms with Gasteiger partial charge in [-0.05, 0) is 69.8 Å². The van der Waals surface area contributed by atoms with Crippen LogP contribution in [0.25, 0.3) is 71.3 Å². The van der Waals surface area contributed by atoms with Gasteiger partial charge < -0.3 is 8.98 Å². The molecule has 2 heteroatoms. The van der Waals surface area contributed by atoms with Gasteiger partial charge >= 0.3 is 0 Å². The van der Waals surface area contributed by atoms with Gasteiger partial charge in [0.2, 0.25) is 0 Å². The van der Waals surface area contributed by atoms with Crippen LogP contribution in [0.3, 0.4) is 0 Å². The van der Waals surface area contributed by atoms with Crippen molar-refractivity contribution in [3.63, 3.8) is 0 Å². The number of rotatable bonds is 2. The number of benzene rings is 6. The van der Waals surface area contributed by atoms with Gasteiger partial charge in [0.15, 0.2) is 0 Å². The first-order valence-corrected chi connectivity index (χ1v) is 12.3. The molecule has 8 rings (SSSR count). The molecule has 8 aromatic rings. The average molecular weight is 460 g/mol. The van der Waals surface area contributed by atoms with Crippen molar-refractivity contribution in [1.29, 1.82) is 0 Å². The predicted octanol–water partition coefficient (Wildman–Crippen LogP) is 9.50. The minimum Gasteiger partial charge on any atom is -0.456 e. The summed E-state index contributed by atoms with van der Waals surface area (Å²) >= 11 is 0. The fourth-order valence-electron chi connectivity index (χ4n) is 5.73. The third kappa shape index (κ3) is 2.73. The van der Waals surface area contributed by atoms with Crippen molar-refractivity contribution in [3.8, 4) is 16.8 Å². The van der Waals surface area contributed by atoms with Crippen LogP contribution in [0, 0.1) is 0 Å². The van der Waals surface area contributed by atoms with Crippen LogP contribution in [0.15, 0.2) is 132 Å². The largest absolute Gasteiger partial charge is 0.456 e. The molecule has 0 saturated heterocycles. The minimum absolute atomic E-state index is 0.903. The zero-order chi connectivity index (χ0) is 23.6. The molecule has 36 heavy (non-hydrogen) atoms. The molecule has 2 heterocycles. The Morgan fingerprint density at radius 3 is 2.00 bits per heavy atom. The Labute approximate surface area is 207 Å². The number of fused-ring (bicyclic) bond motifs is 3. The lowest BCUT2D eigenvalue weighted by molar-refractivity contribution is 0.664. The molecule has 0 aliphatic carbocycles. The van der Waals surface area contributed by atoms with E-state index in [0.29, 0.717) is 0 Å². The van der Waals surface area contributed by atoms with Crippen LogP contribution < -0.4 is 0 Å². The first-order valence-electron chi connectivity index (χ1n) is 12.3. The van der Waals surface area contributed by atoms with Crippen LogP contribution >= 0.6 is 0 Å². The van der Waals surface area contributed by atoms with Crippen LogP contribution in [0.2, 0.25) is 0 Å². The van der Waals surface area contributed by atoms with Gasteiger partial charge in [0, 0.05) is 16.5 Å². The summed E-state index contributed by atoms with van der Waals surface area (Å²) in [7, 11) is 0. The highest BCUT2D eigenvalue weighted by molar-refractivity contribution is 6.26. The van der Waals surface area contributed by atoms with Crippen molar-refractivity contribution < 1.29 is 4.42 Å². The van der Waals surface area contributed by atoms with Crippen molar-refractivity contribution in [2.75, 3.05) is 0 Å². The summed E-state index contributed by atoms with van der Waals surface area (Å²) in [5.74, 6) is 0. The number of para-hydroxylation sites is 1. The van der Waals surface area contributed by atoms with Crippen LogP contribution in [0.5, 0.6) is 0 Å². The number of nitrogens with zero attached hydrogens (tertiary/aromatic N) is 1. The van der Waals surface area contributed by atoms with Crippen LogP contribution in [0.1, 0.15) is 0 Å². The first-order chi connectivity index (χ1) is 17.8. The Hall–Kier alpha value is -4.82. The molecule has 0 aliphatic rings. The topological polar surface area (TPSA) is 18.1 Å². The highest BCUT2D eigenvalue weighted by Gasteiger charge is 2.18. The third-order valence-corrected chi connectivity index (χ3v) is 7.38. The summed E-state index contributed by atoms with van der Waals surface area (Å²) in [4.78, 5) is 0. The second kappa shape index (κ2) is 7.34. The molecule has 0 N–H and O–H groups in total. The van der Waals surface area contributed by atoms with Crippen molar-refractivity contribution in [3.05, 3.63) is 127 Å². The zero-order valence-corrected chi connectivity index (χ0v) is 19.5. The molecule has 0 saturated carbocycles. The van der Waals surface area contributed by atoms with Crippen LogP contribution in [0.4, 0.5) is 0 Å². The van der Waals surface area contributed by atoms with Gasteiger partial charge in [-0.1, -0.05) is 84.9 Å². The van der Waals surface area contributed by atoms with E-state index < -0.39 is 0 Å². The molecule has 2 nitrogen and oxygen atoms in total. The Balaban J connectivity index is 1.38. The molecule has 0 atom stereocenters. The molecule has 6 aromatic carbocycles. The molecule has 0 radical (unpaired) electrons.